The Hall–Kier alpha value is -4.58. The Morgan fingerprint density at radius 3 is 1.41 bits per heavy atom. The van der Waals surface area contributed by atoms with Crippen LogP contribution in [0, 0.1) is 11.8 Å². The molecular weight excluding hydrogens is 612 g/mol. The topological polar surface area (TPSA) is 66.4 Å². The van der Waals surface area contributed by atoms with E-state index >= 15 is 0 Å². The second kappa shape index (κ2) is 18.3. The van der Waals surface area contributed by atoms with Gasteiger partial charge in [0.2, 0.25) is 0 Å². The maximum atomic E-state index is 11.7. The molecule has 1 heterocycles. The fourth-order valence-corrected chi connectivity index (χ4v) is 5.84. The average molecular weight is 655 g/mol. The third-order valence-corrected chi connectivity index (χ3v) is 8.37. The Balaban J connectivity index is 1.33. The molecule has 1 saturated heterocycles. The summed E-state index contributed by atoms with van der Waals surface area (Å²) in [5, 5.41) is 11.7. The van der Waals surface area contributed by atoms with Crippen LogP contribution in [0.1, 0.15) is 27.8 Å². The van der Waals surface area contributed by atoms with E-state index in [0.29, 0.717) is 19.8 Å². The largest absolute Gasteiger partial charge is 0.377 e. The monoisotopic (exact) mass is 654 g/mol. The molecule has 0 aromatic heterocycles. The summed E-state index contributed by atoms with van der Waals surface area (Å²) in [5.74, 6) is 6.14. The number of benzene rings is 5. The third-order valence-electron chi connectivity index (χ3n) is 8.37. The molecule has 1 N–H and O–H groups in total. The highest BCUT2D eigenvalue weighted by Crippen LogP contribution is 2.32. The van der Waals surface area contributed by atoms with Gasteiger partial charge in [0.1, 0.15) is 36.6 Å². The molecule has 0 aliphatic carbocycles. The van der Waals surface area contributed by atoms with Gasteiger partial charge in [0.25, 0.3) is 0 Å². The van der Waals surface area contributed by atoms with E-state index in [1.165, 1.54) is 0 Å². The van der Waals surface area contributed by atoms with Crippen molar-refractivity contribution in [1.29, 1.82) is 0 Å². The van der Waals surface area contributed by atoms with E-state index in [2.05, 4.69) is 11.8 Å². The fourth-order valence-electron chi connectivity index (χ4n) is 5.84. The summed E-state index contributed by atoms with van der Waals surface area (Å²) in [6.45, 7) is 1.55. The van der Waals surface area contributed by atoms with Crippen LogP contribution in [-0.4, -0.2) is 48.3 Å². The Kier molecular flexibility index (Phi) is 12.8. The van der Waals surface area contributed by atoms with Crippen molar-refractivity contribution in [1.82, 2.24) is 0 Å². The molecule has 1 aliphatic heterocycles. The molecule has 0 radical (unpaired) electrons. The lowest BCUT2D eigenvalue weighted by atomic mass is 9.91. The van der Waals surface area contributed by atoms with E-state index in [4.69, 9.17) is 23.7 Å². The van der Waals surface area contributed by atoms with E-state index in [1.54, 1.807) is 0 Å². The predicted molar refractivity (Wildman–Crippen MR) is 189 cm³/mol. The van der Waals surface area contributed by atoms with E-state index in [9.17, 15) is 5.11 Å². The molecule has 0 spiro atoms. The molecular formula is C43H42O6. The molecule has 5 aromatic rings. The van der Waals surface area contributed by atoms with Crippen LogP contribution >= 0.6 is 0 Å². The molecule has 0 saturated carbocycles. The molecule has 0 amide bonds. The second-order valence-electron chi connectivity index (χ2n) is 12.0. The minimum absolute atomic E-state index is 0.209. The van der Waals surface area contributed by atoms with Crippen LogP contribution in [0.2, 0.25) is 0 Å². The van der Waals surface area contributed by atoms with Gasteiger partial charge in [0, 0.05) is 5.56 Å². The highest BCUT2D eigenvalue weighted by molar-refractivity contribution is 5.35. The lowest BCUT2D eigenvalue weighted by Crippen LogP contribution is -2.63. The van der Waals surface area contributed by atoms with Gasteiger partial charge in [-0.1, -0.05) is 151 Å². The maximum Gasteiger partial charge on any atom is 0.143 e. The van der Waals surface area contributed by atoms with Crippen molar-refractivity contribution in [3.8, 4) is 11.8 Å². The minimum Gasteiger partial charge on any atom is -0.377 e. The van der Waals surface area contributed by atoms with Crippen LogP contribution in [-0.2, 0) is 50.1 Å². The fraction of sp³-hybridized carbons (Fsp3) is 0.256. The van der Waals surface area contributed by atoms with Gasteiger partial charge in [-0.25, -0.2) is 0 Å². The van der Waals surface area contributed by atoms with Crippen molar-refractivity contribution in [2.45, 2.75) is 63.1 Å². The molecule has 49 heavy (non-hydrogen) atoms. The first-order valence-electron chi connectivity index (χ1n) is 16.7. The summed E-state index contributed by atoms with van der Waals surface area (Å²) in [4.78, 5) is 0. The summed E-state index contributed by atoms with van der Waals surface area (Å²) >= 11 is 0. The van der Waals surface area contributed by atoms with Crippen LogP contribution in [0.25, 0.3) is 0 Å². The van der Waals surface area contributed by atoms with Gasteiger partial charge in [-0.05, 0) is 34.4 Å². The van der Waals surface area contributed by atoms with Crippen LogP contribution in [0.15, 0.2) is 152 Å². The molecule has 6 atom stereocenters. The van der Waals surface area contributed by atoms with Crippen molar-refractivity contribution >= 4 is 0 Å². The highest BCUT2D eigenvalue weighted by atomic mass is 16.6. The van der Waals surface area contributed by atoms with E-state index in [1.807, 2.05) is 152 Å². The number of ether oxygens (including phenoxy) is 5. The number of rotatable bonds is 14. The number of aliphatic hydroxyl groups is 1. The van der Waals surface area contributed by atoms with Crippen LogP contribution < -0.4 is 0 Å². The molecule has 6 nitrogen and oxygen atoms in total. The Morgan fingerprint density at radius 2 is 0.918 bits per heavy atom. The molecule has 1 aliphatic rings. The maximum absolute atomic E-state index is 11.7. The first-order chi connectivity index (χ1) is 24.2. The van der Waals surface area contributed by atoms with Gasteiger partial charge < -0.3 is 28.8 Å². The summed E-state index contributed by atoms with van der Waals surface area (Å²) < 4.78 is 33.1. The van der Waals surface area contributed by atoms with E-state index in [0.717, 1.165) is 27.8 Å². The Bertz CT molecular complexity index is 1710. The minimum atomic E-state index is -1.18. The first kappa shape index (κ1) is 34.3. The summed E-state index contributed by atoms with van der Waals surface area (Å²) in [7, 11) is 0. The lowest BCUT2D eigenvalue weighted by molar-refractivity contribution is -0.282. The first-order valence-corrected chi connectivity index (χ1v) is 16.7. The standard InChI is InChI=1S/C43H42O6/c44-38(27-26-33-16-6-1-7-17-33)40-42(47-30-36-22-12-4-13-23-36)43(48-31-37-24-14-5-15-25-37)41(46-29-35-20-10-3-11-21-35)39(49-40)32-45-28-34-18-8-2-9-19-34/h1-25,38-44H,28-32H2/t38-,39-,40+,41-,42+,43+/m1/s1. The van der Waals surface area contributed by atoms with Gasteiger partial charge >= 0.3 is 0 Å². The van der Waals surface area contributed by atoms with E-state index in [-0.39, 0.29) is 13.2 Å². The molecule has 5 aromatic carbocycles. The zero-order valence-electron chi connectivity index (χ0n) is 27.4. The molecule has 250 valence electrons. The molecule has 6 heteroatoms. The van der Waals surface area contributed by atoms with Crippen molar-refractivity contribution in [2.24, 2.45) is 0 Å². The van der Waals surface area contributed by atoms with Crippen LogP contribution in [0.4, 0.5) is 0 Å². The van der Waals surface area contributed by atoms with Gasteiger partial charge in [-0.2, -0.15) is 0 Å². The highest BCUT2D eigenvalue weighted by Gasteiger charge is 2.50. The van der Waals surface area contributed by atoms with Gasteiger partial charge in [0.05, 0.1) is 33.0 Å². The van der Waals surface area contributed by atoms with Gasteiger partial charge in [0.15, 0.2) is 0 Å². The zero-order valence-corrected chi connectivity index (χ0v) is 27.4. The van der Waals surface area contributed by atoms with Crippen molar-refractivity contribution in [2.75, 3.05) is 6.61 Å². The number of hydrogen-bond acceptors (Lipinski definition) is 6. The number of aliphatic hydroxyl groups excluding tert-OH is 1. The molecule has 6 rings (SSSR count). The van der Waals surface area contributed by atoms with Crippen molar-refractivity contribution < 1.29 is 28.8 Å². The summed E-state index contributed by atoms with van der Waals surface area (Å²) in [6.07, 6.45) is -4.59. The van der Waals surface area contributed by atoms with Crippen LogP contribution in [0.3, 0.4) is 0 Å². The second-order valence-corrected chi connectivity index (χ2v) is 12.0. The molecule has 0 unspecified atom stereocenters. The van der Waals surface area contributed by atoms with Gasteiger partial charge in [-0.3, -0.25) is 0 Å². The smallest absolute Gasteiger partial charge is 0.143 e. The molecule has 1 fully saturated rings. The zero-order chi connectivity index (χ0) is 33.5. The molecule has 0 bridgehead atoms. The average Bonchev–Trinajstić information content (AvgIpc) is 3.17. The summed E-state index contributed by atoms with van der Waals surface area (Å²) in [6, 6.07) is 49.5. The predicted octanol–water partition coefficient (Wildman–Crippen LogP) is 7.14. The lowest BCUT2D eigenvalue weighted by Gasteiger charge is -2.47. The van der Waals surface area contributed by atoms with E-state index < -0.39 is 36.6 Å². The Morgan fingerprint density at radius 1 is 0.510 bits per heavy atom. The van der Waals surface area contributed by atoms with Crippen LogP contribution in [0.5, 0.6) is 0 Å². The Labute approximate surface area is 289 Å². The third kappa shape index (κ3) is 10.2. The van der Waals surface area contributed by atoms with Crippen molar-refractivity contribution in [3.63, 3.8) is 0 Å². The normalized spacial score (nSPS) is 21.0. The van der Waals surface area contributed by atoms with Crippen molar-refractivity contribution in [3.05, 3.63) is 179 Å². The SMILES string of the molecule is O[C@H](C#Cc1ccccc1)[C@@H]1O[C@H](COCc2ccccc2)[C@@H](OCc2ccccc2)[C@H](OCc2ccccc2)[C@H]1OCc1ccccc1. The number of hydrogen-bond donors (Lipinski definition) is 1. The summed E-state index contributed by atoms with van der Waals surface area (Å²) in [5.41, 5.74) is 4.86. The van der Waals surface area contributed by atoms with Gasteiger partial charge in [-0.15, -0.1) is 0 Å². The quantitative estimate of drug-likeness (QED) is 0.129.